The molecule has 2 rings (SSSR count). The number of fused-ring (bicyclic) bond motifs is 1. The van der Waals surface area contributed by atoms with Crippen LogP contribution in [0.25, 0.3) is 0 Å². The Morgan fingerprint density at radius 2 is 2.67 bits per heavy atom. The molecule has 0 N–H and O–H groups in total. The van der Waals surface area contributed by atoms with Crippen LogP contribution in [0.3, 0.4) is 0 Å². The third-order valence-corrected chi connectivity index (χ3v) is 1.73. The van der Waals surface area contributed by atoms with Crippen LogP contribution in [-0.2, 0) is 4.74 Å². The van der Waals surface area contributed by atoms with Gasteiger partial charge in [0.25, 0.3) is 0 Å². The lowest BCUT2D eigenvalue weighted by atomic mass is 10.1. The van der Waals surface area contributed by atoms with Crippen molar-refractivity contribution in [3.8, 4) is 0 Å². The number of carbonyl (C=O) groups excluding carboxylic acids is 1. The van der Waals surface area contributed by atoms with Gasteiger partial charge in [0.05, 0.1) is 0 Å². The van der Waals surface area contributed by atoms with Crippen molar-refractivity contribution in [2.45, 2.75) is 19.1 Å². The highest BCUT2D eigenvalue weighted by atomic mass is 16.6. The molecule has 1 radical (unpaired) electrons. The number of amides is 1. The van der Waals surface area contributed by atoms with E-state index in [4.69, 9.17) is 4.74 Å². The first-order valence-electron chi connectivity index (χ1n) is 3.18. The summed E-state index contributed by atoms with van der Waals surface area (Å²) in [5, 5.41) is 0. The summed E-state index contributed by atoms with van der Waals surface area (Å²) in [5.74, 6) is 0. The second-order valence-corrected chi connectivity index (χ2v) is 2.35. The molecule has 0 bridgehead atoms. The zero-order valence-corrected chi connectivity index (χ0v) is 5.04. The number of hydrogen-bond donors (Lipinski definition) is 0. The average molecular weight is 126 g/mol. The van der Waals surface area contributed by atoms with Gasteiger partial charge in [-0.25, -0.2) is 4.79 Å². The normalized spacial score (nSPS) is 32.7. The number of nitrogens with zero attached hydrogens (tertiary/aromatic N) is 1. The van der Waals surface area contributed by atoms with Crippen molar-refractivity contribution in [2.75, 3.05) is 6.54 Å². The molecule has 3 nitrogen and oxygen atoms in total. The van der Waals surface area contributed by atoms with Gasteiger partial charge in [0.15, 0.2) is 6.23 Å². The zero-order chi connectivity index (χ0) is 6.27. The van der Waals surface area contributed by atoms with Gasteiger partial charge in [-0.05, 0) is 12.8 Å². The number of hydrogen-bond acceptors (Lipinski definition) is 2. The zero-order valence-electron chi connectivity index (χ0n) is 5.04. The third-order valence-electron chi connectivity index (χ3n) is 1.73. The van der Waals surface area contributed by atoms with Gasteiger partial charge in [0.1, 0.15) is 0 Å². The van der Waals surface area contributed by atoms with Crippen LogP contribution < -0.4 is 0 Å². The van der Waals surface area contributed by atoms with E-state index in [9.17, 15) is 4.79 Å². The van der Waals surface area contributed by atoms with E-state index in [2.05, 4.69) is 0 Å². The second-order valence-electron chi connectivity index (χ2n) is 2.35. The molecule has 0 aromatic carbocycles. The Balaban J connectivity index is 2.01. The van der Waals surface area contributed by atoms with Crippen molar-refractivity contribution in [2.24, 2.45) is 0 Å². The third kappa shape index (κ3) is 0.605. The fraction of sp³-hybridized carbons (Fsp3) is 0.667. The first-order valence-corrected chi connectivity index (χ1v) is 3.18. The predicted octanol–water partition coefficient (Wildman–Crippen LogP) is 0.763. The van der Waals surface area contributed by atoms with Gasteiger partial charge in [0.2, 0.25) is 0 Å². The molecule has 0 spiro atoms. The van der Waals surface area contributed by atoms with E-state index in [0.717, 1.165) is 19.4 Å². The Morgan fingerprint density at radius 3 is 3.22 bits per heavy atom. The van der Waals surface area contributed by atoms with Crippen molar-refractivity contribution in [3.63, 3.8) is 0 Å². The molecule has 49 valence electrons. The summed E-state index contributed by atoms with van der Waals surface area (Å²) in [4.78, 5) is 12.3. The Kier molecular flexibility index (Phi) is 0.917. The van der Waals surface area contributed by atoms with Gasteiger partial charge < -0.3 is 4.74 Å². The van der Waals surface area contributed by atoms with E-state index in [1.54, 1.807) is 4.90 Å². The molecule has 1 atom stereocenters. The maximum atomic E-state index is 10.5. The Morgan fingerprint density at radius 1 is 1.78 bits per heavy atom. The molecule has 0 aromatic heterocycles. The van der Waals surface area contributed by atoms with Crippen LogP contribution in [0.1, 0.15) is 12.8 Å². The molecule has 2 aliphatic rings. The average Bonchev–Trinajstić information content (AvgIpc) is 1.86. The lowest BCUT2D eigenvalue weighted by molar-refractivity contribution is -0.0883. The number of carbonyl (C=O) groups is 1. The Labute approximate surface area is 53.6 Å². The molecule has 0 aliphatic carbocycles. The molecule has 2 fully saturated rings. The predicted molar refractivity (Wildman–Crippen MR) is 30.5 cm³/mol. The summed E-state index contributed by atoms with van der Waals surface area (Å²) in [6.45, 7) is 0.875. The lowest BCUT2D eigenvalue weighted by Gasteiger charge is -2.42. The van der Waals surface area contributed by atoms with Crippen LogP contribution >= 0.6 is 0 Å². The van der Waals surface area contributed by atoms with Gasteiger partial charge >= 0.3 is 6.09 Å². The van der Waals surface area contributed by atoms with E-state index in [1.165, 1.54) is 0 Å². The molecule has 2 saturated heterocycles. The summed E-state index contributed by atoms with van der Waals surface area (Å²) >= 11 is 0. The van der Waals surface area contributed by atoms with Crippen LogP contribution in [-0.4, -0.2) is 23.8 Å². The van der Waals surface area contributed by atoms with Crippen LogP contribution in [0.5, 0.6) is 0 Å². The summed E-state index contributed by atoms with van der Waals surface area (Å²) in [5.41, 5.74) is 0. The maximum Gasteiger partial charge on any atom is 0.414 e. The molecule has 0 saturated carbocycles. The maximum absolute atomic E-state index is 10.5. The van der Waals surface area contributed by atoms with Gasteiger partial charge in [-0.1, -0.05) is 0 Å². The van der Waals surface area contributed by atoms with Crippen molar-refractivity contribution < 1.29 is 9.53 Å². The minimum atomic E-state index is -0.157. The summed E-state index contributed by atoms with van der Waals surface area (Å²) in [6.07, 6.45) is 4.06. The Hall–Kier alpha value is -0.730. The largest absolute Gasteiger partial charge is 0.425 e. The fourth-order valence-electron chi connectivity index (χ4n) is 1.21. The Bertz CT molecular complexity index is 146. The second kappa shape index (κ2) is 1.62. The molecule has 1 amide bonds. The first kappa shape index (κ1) is 5.09. The molecule has 9 heavy (non-hydrogen) atoms. The van der Waals surface area contributed by atoms with E-state index in [0.29, 0.717) is 0 Å². The molecular weight excluding hydrogens is 118 g/mol. The molecule has 2 aliphatic heterocycles. The van der Waals surface area contributed by atoms with E-state index in [1.807, 2.05) is 6.42 Å². The SMILES string of the molecule is O=C1OC2[CH]CCCN12. The quantitative estimate of drug-likeness (QED) is 0.479. The standard InChI is InChI=1S/C6H8NO2/c8-6-7-4-2-1-3-5(7)9-6/h3,5H,1-2,4H2. The monoisotopic (exact) mass is 126 g/mol. The molecular formula is C6H8NO2. The summed E-state index contributed by atoms with van der Waals surface area (Å²) in [6, 6.07) is 0. The summed E-state index contributed by atoms with van der Waals surface area (Å²) < 4.78 is 4.77. The highest BCUT2D eigenvalue weighted by Crippen LogP contribution is 2.25. The van der Waals surface area contributed by atoms with E-state index in [-0.39, 0.29) is 12.3 Å². The van der Waals surface area contributed by atoms with Crippen LogP contribution in [0.2, 0.25) is 0 Å². The molecule has 1 unspecified atom stereocenters. The van der Waals surface area contributed by atoms with E-state index >= 15 is 0 Å². The smallest absolute Gasteiger partial charge is 0.414 e. The number of piperidine rings is 1. The molecule has 3 heteroatoms. The lowest BCUT2D eigenvalue weighted by Crippen LogP contribution is -2.56. The topological polar surface area (TPSA) is 29.5 Å². The van der Waals surface area contributed by atoms with Gasteiger partial charge in [-0.2, -0.15) is 0 Å². The van der Waals surface area contributed by atoms with Crippen LogP contribution in [0, 0.1) is 6.42 Å². The van der Waals surface area contributed by atoms with Crippen molar-refractivity contribution in [3.05, 3.63) is 6.42 Å². The number of ether oxygens (including phenoxy) is 1. The molecule has 2 heterocycles. The van der Waals surface area contributed by atoms with Gasteiger partial charge in [0, 0.05) is 13.0 Å². The first-order chi connectivity index (χ1) is 4.38. The van der Waals surface area contributed by atoms with E-state index < -0.39 is 0 Å². The van der Waals surface area contributed by atoms with Gasteiger partial charge in [-0.3, -0.25) is 4.90 Å². The highest BCUT2D eigenvalue weighted by Gasteiger charge is 2.39. The van der Waals surface area contributed by atoms with Crippen LogP contribution in [0.4, 0.5) is 4.79 Å². The highest BCUT2D eigenvalue weighted by molar-refractivity contribution is 5.73. The van der Waals surface area contributed by atoms with Gasteiger partial charge in [-0.15, -0.1) is 0 Å². The molecule has 0 aromatic rings. The van der Waals surface area contributed by atoms with Crippen LogP contribution in [0.15, 0.2) is 0 Å². The van der Waals surface area contributed by atoms with Crippen molar-refractivity contribution in [1.29, 1.82) is 0 Å². The minimum absolute atomic E-state index is 0.0197. The fourth-order valence-corrected chi connectivity index (χ4v) is 1.21. The van der Waals surface area contributed by atoms with Crippen molar-refractivity contribution >= 4 is 6.09 Å². The van der Waals surface area contributed by atoms with Crippen molar-refractivity contribution in [1.82, 2.24) is 4.90 Å². The number of rotatable bonds is 0. The summed E-state index contributed by atoms with van der Waals surface area (Å²) in [7, 11) is 0. The minimum Gasteiger partial charge on any atom is -0.425 e.